The van der Waals surface area contributed by atoms with Crippen LogP contribution in [0.5, 0.6) is 0 Å². The second kappa shape index (κ2) is 8.06. The quantitative estimate of drug-likeness (QED) is 0.827. The number of rotatable bonds is 7. The minimum absolute atomic E-state index is 0.532. The summed E-state index contributed by atoms with van der Waals surface area (Å²) in [5, 5.41) is 3.79. The van der Waals surface area contributed by atoms with Crippen molar-refractivity contribution in [3.05, 3.63) is 35.9 Å². The molecule has 1 heterocycles. The molecule has 0 saturated carbocycles. The zero-order valence-corrected chi connectivity index (χ0v) is 13.8. The average Bonchev–Trinajstić information content (AvgIpc) is 2.93. The van der Waals surface area contributed by atoms with Gasteiger partial charge >= 0.3 is 0 Å². The van der Waals surface area contributed by atoms with Gasteiger partial charge in [-0.3, -0.25) is 4.90 Å². The fourth-order valence-electron chi connectivity index (χ4n) is 3.00. The van der Waals surface area contributed by atoms with E-state index in [9.17, 15) is 0 Å². The van der Waals surface area contributed by atoms with Crippen molar-refractivity contribution in [1.82, 2.24) is 10.2 Å². The zero-order valence-electron chi connectivity index (χ0n) is 13.0. The molecule has 1 aromatic rings. The van der Waals surface area contributed by atoms with Gasteiger partial charge in [-0.1, -0.05) is 30.3 Å². The van der Waals surface area contributed by atoms with Crippen LogP contribution in [-0.2, 0) is 0 Å². The molecule has 0 unspecified atom stereocenters. The van der Waals surface area contributed by atoms with Crippen molar-refractivity contribution < 1.29 is 0 Å². The van der Waals surface area contributed by atoms with Gasteiger partial charge in [-0.15, -0.1) is 0 Å². The Labute approximate surface area is 128 Å². The van der Waals surface area contributed by atoms with Crippen molar-refractivity contribution in [2.24, 2.45) is 0 Å². The van der Waals surface area contributed by atoms with E-state index >= 15 is 0 Å². The van der Waals surface area contributed by atoms with Crippen LogP contribution in [0.2, 0.25) is 0 Å². The average molecular weight is 292 g/mol. The predicted octanol–water partition coefficient (Wildman–Crippen LogP) is 3.55. The third-order valence-corrected chi connectivity index (χ3v) is 4.97. The molecular formula is C17H28N2S. The Morgan fingerprint density at radius 2 is 2.05 bits per heavy atom. The van der Waals surface area contributed by atoms with Crippen LogP contribution in [-0.4, -0.2) is 42.1 Å². The molecule has 1 aliphatic rings. The van der Waals surface area contributed by atoms with Crippen molar-refractivity contribution in [2.75, 3.05) is 25.1 Å². The number of benzene rings is 1. The molecular weight excluding hydrogens is 264 g/mol. The summed E-state index contributed by atoms with van der Waals surface area (Å²) in [7, 11) is 0. The van der Waals surface area contributed by atoms with E-state index in [1.54, 1.807) is 0 Å². The van der Waals surface area contributed by atoms with Gasteiger partial charge in [0.2, 0.25) is 0 Å². The third kappa shape index (κ3) is 4.51. The largest absolute Gasteiger partial charge is 0.310 e. The van der Waals surface area contributed by atoms with Gasteiger partial charge < -0.3 is 5.32 Å². The third-order valence-electron chi connectivity index (χ3n) is 4.32. The lowest BCUT2D eigenvalue weighted by Crippen LogP contribution is -2.39. The molecule has 1 fully saturated rings. The summed E-state index contributed by atoms with van der Waals surface area (Å²) in [6, 6.07) is 12.7. The summed E-state index contributed by atoms with van der Waals surface area (Å²) >= 11 is 1.94. The van der Waals surface area contributed by atoms with Gasteiger partial charge in [-0.25, -0.2) is 0 Å². The maximum absolute atomic E-state index is 3.79. The van der Waals surface area contributed by atoms with Crippen molar-refractivity contribution >= 4 is 11.8 Å². The molecule has 0 aliphatic carbocycles. The summed E-state index contributed by atoms with van der Waals surface area (Å²) < 4.78 is 0. The fourth-order valence-corrected chi connectivity index (χ4v) is 3.59. The molecule has 0 aromatic heterocycles. The van der Waals surface area contributed by atoms with Crippen molar-refractivity contribution in [1.29, 1.82) is 0 Å². The fraction of sp³-hybridized carbons (Fsp3) is 0.647. The molecule has 0 amide bonds. The van der Waals surface area contributed by atoms with Crippen LogP contribution in [0.1, 0.15) is 38.3 Å². The Morgan fingerprint density at radius 1 is 1.30 bits per heavy atom. The first kappa shape index (κ1) is 15.9. The number of nitrogens with one attached hydrogen (secondary N) is 1. The van der Waals surface area contributed by atoms with E-state index < -0.39 is 0 Å². The van der Waals surface area contributed by atoms with Crippen molar-refractivity contribution in [2.45, 2.75) is 44.8 Å². The molecule has 1 saturated heterocycles. The summed E-state index contributed by atoms with van der Waals surface area (Å²) in [5.74, 6) is 1.25. The first-order chi connectivity index (χ1) is 9.70. The number of thioether (sulfide) groups is 1. The molecule has 1 aromatic carbocycles. The van der Waals surface area contributed by atoms with Crippen molar-refractivity contribution in [3.63, 3.8) is 0 Å². The molecule has 2 rings (SSSR count). The van der Waals surface area contributed by atoms with E-state index in [2.05, 4.69) is 60.7 Å². The standard InChI is InChI=1S/C17H28N2S/c1-14(10-12-20-3)18-17-9-11-19(13-17)15(2)16-7-5-4-6-8-16/h4-8,14-15,17-18H,9-13H2,1-3H3/t14-,15+,17-/m0/s1. The van der Waals surface area contributed by atoms with Gasteiger partial charge in [-0.2, -0.15) is 11.8 Å². The Morgan fingerprint density at radius 3 is 2.75 bits per heavy atom. The van der Waals surface area contributed by atoms with Gasteiger partial charge in [-0.05, 0) is 44.3 Å². The van der Waals surface area contributed by atoms with Crippen LogP contribution in [0.15, 0.2) is 30.3 Å². The van der Waals surface area contributed by atoms with E-state index in [1.165, 1.54) is 37.2 Å². The lowest BCUT2D eigenvalue weighted by Gasteiger charge is -2.25. The number of hydrogen-bond donors (Lipinski definition) is 1. The van der Waals surface area contributed by atoms with Crippen LogP contribution < -0.4 is 5.32 Å². The summed E-state index contributed by atoms with van der Waals surface area (Å²) in [6.45, 7) is 7.04. The Hall–Kier alpha value is -0.510. The highest BCUT2D eigenvalue weighted by molar-refractivity contribution is 7.98. The Kier molecular flexibility index (Phi) is 6.40. The molecule has 3 atom stereocenters. The molecule has 0 spiro atoms. The number of likely N-dealkylation sites (tertiary alicyclic amines) is 1. The first-order valence-corrected chi connectivity index (χ1v) is 9.14. The van der Waals surface area contributed by atoms with Gasteiger partial charge in [0.05, 0.1) is 0 Å². The van der Waals surface area contributed by atoms with Gasteiger partial charge in [0, 0.05) is 31.2 Å². The molecule has 0 bridgehead atoms. The smallest absolute Gasteiger partial charge is 0.0320 e. The van der Waals surface area contributed by atoms with Gasteiger partial charge in [0.15, 0.2) is 0 Å². The SMILES string of the molecule is CSCC[C@H](C)N[C@H]1CCN([C@H](C)c2ccccc2)C1. The topological polar surface area (TPSA) is 15.3 Å². The highest BCUT2D eigenvalue weighted by Crippen LogP contribution is 2.24. The summed E-state index contributed by atoms with van der Waals surface area (Å²) in [6.07, 6.45) is 4.73. The maximum atomic E-state index is 3.79. The van der Waals surface area contributed by atoms with Crippen molar-refractivity contribution in [3.8, 4) is 0 Å². The minimum atomic E-state index is 0.532. The van der Waals surface area contributed by atoms with E-state index in [0.717, 1.165) is 0 Å². The van der Waals surface area contributed by atoms with E-state index in [-0.39, 0.29) is 0 Å². The second-order valence-corrected chi connectivity index (χ2v) is 6.90. The molecule has 1 aliphatic heterocycles. The normalized spacial score (nSPS) is 22.9. The van der Waals surface area contributed by atoms with Gasteiger partial charge in [0.25, 0.3) is 0 Å². The van der Waals surface area contributed by atoms with Crippen LogP contribution in [0, 0.1) is 0 Å². The van der Waals surface area contributed by atoms with Crippen LogP contribution in [0.3, 0.4) is 0 Å². The maximum Gasteiger partial charge on any atom is 0.0320 e. The van der Waals surface area contributed by atoms with Gasteiger partial charge in [0.1, 0.15) is 0 Å². The number of nitrogens with zero attached hydrogens (tertiary/aromatic N) is 1. The molecule has 0 radical (unpaired) electrons. The molecule has 1 N–H and O–H groups in total. The van der Waals surface area contributed by atoms with E-state index in [4.69, 9.17) is 0 Å². The summed E-state index contributed by atoms with van der Waals surface area (Å²) in [4.78, 5) is 2.61. The second-order valence-electron chi connectivity index (χ2n) is 5.92. The molecule has 20 heavy (non-hydrogen) atoms. The summed E-state index contributed by atoms with van der Waals surface area (Å²) in [5.41, 5.74) is 1.43. The first-order valence-electron chi connectivity index (χ1n) is 7.74. The molecule has 2 nitrogen and oxygen atoms in total. The van der Waals surface area contributed by atoms with E-state index in [1.807, 2.05) is 11.8 Å². The lowest BCUT2D eigenvalue weighted by atomic mass is 10.1. The predicted molar refractivity (Wildman–Crippen MR) is 90.4 cm³/mol. The minimum Gasteiger partial charge on any atom is -0.310 e. The van der Waals surface area contributed by atoms with Crippen LogP contribution in [0.4, 0.5) is 0 Å². The Balaban J connectivity index is 1.80. The van der Waals surface area contributed by atoms with Crippen LogP contribution in [0.25, 0.3) is 0 Å². The van der Waals surface area contributed by atoms with Crippen LogP contribution >= 0.6 is 11.8 Å². The molecule has 112 valence electrons. The zero-order chi connectivity index (χ0) is 14.4. The highest BCUT2D eigenvalue weighted by atomic mass is 32.2. The monoisotopic (exact) mass is 292 g/mol. The number of hydrogen-bond acceptors (Lipinski definition) is 3. The highest BCUT2D eigenvalue weighted by Gasteiger charge is 2.27. The van der Waals surface area contributed by atoms with E-state index in [0.29, 0.717) is 18.1 Å². The Bertz CT molecular complexity index is 382. The lowest BCUT2D eigenvalue weighted by molar-refractivity contribution is 0.253. The molecule has 3 heteroatoms.